The van der Waals surface area contributed by atoms with E-state index in [1.807, 2.05) is 0 Å². The van der Waals surface area contributed by atoms with E-state index in [-0.39, 0.29) is 21.7 Å². The quantitative estimate of drug-likeness (QED) is 0.227. The fraction of sp³-hybridized carbons (Fsp3) is 0.400. The van der Waals surface area contributed by atoms with Gasteiger partial charge in [-0.3, -0.25) is 0 Å². The van der Waals surface area contributed by atoms with Crippen molar-refractivity contribution in [2.75, 3.05) is 0 Å². The molecule has 0 fully saturated rings. The zero-order valence-electron chi connectivity index (χ0n) is 28.8. The highest BCUT2D eigenvalue weighted by Crippen LogP contribution is 2.51. The van der Waals surface area contributed by atoms with Crippen molar-refractivity contribution in [1.82, 2.24) is 0 Å². The zero-order valence-corrected chi connectivity index (χ0v) is 29.7. The van der Waals surface area contributed by atoms with Gasteiger partial charge in [0.2, 0.25) is 0 Å². The van der Waals surface area contributed by atoms with Crippen LogP contribution in [0.5, 0.6) is 0 Å². The van der Waals surface area contributed by atoms with E-state index in [0.717, 1.165) is 0 Å². The summed E-state index contributed by atoms with van der Waals surface area (Å²) in [5.41, 5.74) is 13.6. The molecular weight excluding hydrogens is 559 g/mol. The topological polar surface area (TPSA) is 57.5 Å². The van der Waals surface area contributed by atoms with Crippen molar-refractivity contribution in [2.45, 2.75) is 105 Å². The minimum atomic E-state index is -2.87. The number of hydrogen-bond donors (Lipinski definition) is 2. The Morgan fingerprint density at radius 2 is 0.727 bits per heavy atom. The largest absolute Gasteiger partial charge is 0.692 e. The Hall–Kier alpha value is -3.10. The molecule has 0 aromatic heterocycles. The molecular formula is C40H52O3P+. The Bertz CT molecular complexity index is 1540. The maximum Gasteiger partial charge on any atom is 0.692 e. The molecule has 0 saturated heterocycles. The first-order valence-electron chi connectivity index (χ1n) is 15.5. The summed E-state index contributed by atoms with van der Waals surface area (Å²) in [5.74, 6) is 0. The van der Waals surface area contributed by atoms with Crippen LogP contribution in [0.2, 0.25) is 0 Å². The van der Waals surface area contributed by atoms with Crippen LogP contribution in [-0.2, 0) is 26.2 Å². The van der Waals surface area contributed by atoms with E-state index >= 15 is 0 Å². The Morgan fingerprint density at radius 3 is 1.09 bits per heavy atom. The molecule has 4 aromatic carbocycles. The van der Waals surface area contributed by atoms with Crippen molar-refractivity contribution >= 4 is 8.25 Å². The standard InChI is InChI=1S/C40H50.HO3P/c1-37(2,3)30-23-17-24-31(38(4,5)6)35(30)29-22-16-21-28(27-19-14-13-15-20-27)34(29)36-32(39(7,8)9)25-18-26-33(36)40(10,11)12;1-4(2)3/h13-26H,1-12H3;(H-,1,2,3)/p+1. The average Bonchev–Trinajstić information content (AvgIpc) is 2.90. The Balaban J connectivity index is 0.00000124. The van der Waals surface area contributed by atoms with E-state index < -0.39 is 8.25 Å². The predicted molar refractivity (Wildman–Crippen MR) is 190 cm³/mol. The van der Waals surface area contributed by atoms with Gasteiger partial charge >= 0.3 is 8.25 Å². The van der Waals surface area contributed by atoms with Crippen LogP contribution in [0.15, 0.2) is 84.9 Å². The molecule has 4 rings (SSSR count). The fourth-order valence-corrected chi connectivity index (χ4v) is 6.05. The molecule has 4 heteroatoms. The maximum atomic E-state index is 8.70. The summed E-state index contributed by atoms with van der Waals surface area (Å²) >= 11 is 0. The summed E-state index contributed by atoms with van der Waals surface area (Å²) in [6.45, 7) is 28.2. The third-order valence-corrected chi connectivity index (χ3v) is 8.03. The van der Waals surface area contributed by atoms with Gasteiger partial charge in [0, 0.05) is 4.57 Å². The van der Waals surface area contributed by atoms with Crippen LogP contribution in [0.3, 0.4) is 0 Å². The molecule has 0 aliphatic carbocycles. The highest BCUT2D eigenvalue weighted by atomic mass is 31.1. The van der Waals surface area contributed by atoms with E-state index in [1.165, 1.54) is 55.6 Å². The molecule has 0 bridgehead atoms. The lowest BCUT2D eigenvalue weighted by molar-refractivity contribution is 0.405. The van der Waals surface area contributed by atoms with E-state index in [1.54, 1.807) is 0 Å². The van der Waals surface area contributed by atoms with Gasteiger partial charge in [-0.1, -0.05) is 168 Å². The minimum Gasteiger partial charge on any atom is -0.134 e. The molecule has 0 aliphatic heterocycles. The van der Waals surface area contributed by atoms with Gasteiger partial charge in [-0.05, 0) is 77.3 Å². The number of rotatable bonds is 3. The lowest BCUT2D eigenvalue weighted by Gasteiger charge is -2.35. The zero-order chi connectivity index (χ0) is 33.3. The summed E-state index contributed by atoms with van der Waals surface area (Å²) < 4.78 is 8.70. The van der Waals surface area contributed by atoms with E-state index in [2.05, 4.69) is 168 Å². The summed E-state index contributed by atoms with van der Waals surface area (Å²) in [4.78, 5) is 14.2. The third-order valence-electron chi connectivity index (χ3n) is 8.03. The lowest BCUT2D eigenvalue weighted by atomic mass is 9.69. The SMILES string of the molecule is CC(C)(C)c1cccc(C(C)(C)C)c1-c1cccc(-c2ccccc2)c1-c1c(C(C)(C)C)cccc1C(C)(C)C.O=[P+](O)O. The Morgan fingerprint density at radius 1 is 0.409 bits per heavy atom. The van der Waals surface area contributed by atoms with Crippen molar-refractivity contribution in [2.24, 2.45) is 0 Å². The highest BCUT2D eigenvalue weighted by Gasteiger charge is 2.32. The maximum absolute atomic E-state index is 8.70. The van der Waals surface area contributed by atoms with Crippen LogP contribution in [-0.4, -0.2) is 9.79 Å². The summed E-state index contributed by atoms with van der Waals surface area (Å²) in [6, 6.07) is 31.9. The van der Waals surface area contributed by atoms with Crippen molar-refractivity contribution in [3.8, 4) is 33.4 Å². The van der Waals surface area contributed by atoms with Gasteiger partial charge in [0.1, 0.15) is 0 Å². The van der Waals surface area contributed by atoms with Crippen LogP contribution < -0.4 is 0 Å². The van der Waals surface area contributed by atoms with Crippen LogP contribution in [0.4, 0.5) is 0 Å². The second-order valence-corrected chi connectivity index (χ2v) is 16.3. The smallest absolute Gasteiger partial charge is 0.134 e. The summed E-state index contributed by atoms with van der Waals surface area (Å²) in [5, 5.41) is 0. The minimum absolute atomic E-state index is 0.00693. The fourth-order valence-electron chi connectivity index (χ4n) is 6.05. The molecule has 4 aromatic rings. The molecule has 0 amide bonds. The summed E-state index contributed by atoms with van der Waals surface area (Å²) in [7, 11) is -2.87. The van der Waals surface area contributed by atoms with Crippen LogP contribution in [0, 0.1) is 0 Å². The normalized spacial score (nSPS) is 12.4. The molecule has 3 nitrogen and oxygen atoms in total. The molecule has 0 atom stereocenters. The average molecular weight is 612 g/mol. The van der Waals surface area contributed by atoms with Crippen molar-refractivity contribution in [3.63, 3.8) is 0 Å². The summed E-state index contributed by atoms with van der Waals surface area (Å²) in [6.07, 6.45) is 0. The van der Waals surface area contributed by atoms with Gasteiger partial charge in [0.25, 0.3) is 0 Å². The molecule has 0 heterocycles. The van der Waals surface area contributed by atoms with Crippen molar-refractivity contribution in [1.29, 1.82) is 0 Å². The van der Waals surface area contributed by atoms with Gasteiger partial charge in [-0.15, -0.1) is 9.79 Å². The molecule has 0 spiro atoms. The van der Waals surface area contributed by atoms with Gasteiger partial charge < -0.3 is 0 Å². The van der Waals surface area contributed by atoms with E-state index in [4.69, 9.17) is 14.4 Å². The first-order valence-corrected chi connectivity index (χ1v) is 16.6. The third kappa shape index (κ3) is 8.13. The van der Waals surface area contributed by atoms with Gasteiger partial charge in [-0.2, -0.15) is 0 Å². The molecule has 234 valence electrons. The lowest BCUT2D eigenvalue weighted by Crippen LogP contribution is -2.21. The highest BCUT2D eigenvalue weighted by molar-refractivity contribution is 7.30. The Labute approximate surface area is 267 Å². The number of benzene rings is 4. The van der Waals surface area contributed by atoms with Crippen LogP contribution in [0.25, 0.3) is 33.4 Å². The molecule has 0 aliphatic rings. The van der Waals surface area contributed by atoms with E-state index in [0.29, 0.717) is 0 Å². The van der Waals surface area contributed by atoms with E-state index in [9.17, 15) is 0 Å². The monoisotopic (exact) mass is 611 g/mol. The molecule has 0 radical (unpaired) electrons. The second-order valence-electron chi connectivity index (χ2n) is 15.8. The second kappa shape index (κ2) is 13.1. The van der Waals surface area contributed by atoms with Crippen LogP contribution in [0.1, 0.15) is 105 Å². The van der Waals surface area contributed by atoms with Crippen molar-refractivity contribution < 1.29 is 14.4 Å². The van der Waals surface area contributed by atoms with Gasteiger partial charge in [0.15, 0.2) is 0 Å². The van der Waals surface area contributed by atoms with Gasteiger partial charge in [0.05, 0.1) is 0 Å². The molecule has 0 unspecified atom stereocenters. The van der Waals surface area contributed by atoms with Crippen LogP contribution >= 0.6 is 8.25 Å². The first-order chi connectivity index (χ1) is 20.2. The first kappa shape index (κ1) is 35.4. The molecule has 2 N–H and O–H groups in total. The predicted octanol–water partition coefficient (Wildman–Crippen LogP) is 11.5. The van der Waals surface area contributed by atoms with Crippen molar-refractivity contribution in [3.05, 3.63) is 107 Å². The molecule has 44 heavy (non-hydrogen) atoms. The molecule has 0 saturated carbocycles. The Kier molecular flexibility index (Phi) is 10.5. The number of hydrogen-bond acceptors (Lipinski definition) is 1. The van der Waals surface area contributed by atoms with Gasteiger partial charge in [-0.25, -0.2) is 0 Å².